The Morgan fingerprint density at radius 3 is 3.03 bits per heavy atom. The average molecular weight is 422 g/mol. The van der Waals surface area contributed by atoms with Gasteiger partial charge in [-0.15, -0.1) is 0 Å². The third-order valence-electron chi connectivity index (χ3n) is 7.14. The van der Waals surface area contributed by atoms with E-state index in [0.29, 0.717) is 19.6 Å². The van der Waals surface area contributed by atoms with Crippen LogP contribution in [-0.4, -0.2) is 53.0 Å². The number of carbonyl (C=O) groups excluding carboxylic acids is 2. The van der Waals surface area contributed by atoms with Crippen LogP contribution in [0.5, 0.6) is 0 Å². The fraction of sp³-hybridized carbons (Fsp3) is 0.520. The molecule has 164 valence electrons. The summed E-state index contributed by atoms with van der Waals surface area (Å²) in [7, 11) is 0. The third-order valence-corrected chi connectivity index (χ3v) is 7.14. The van der Waals surface area contributed by atoms with Gasteiger partial charge in [-0.25, -0.2) is 0 Å². The van der Waals surface area contributed by atoms with E-state index in [1.807, 2.05) is 35.4 Å². The molecule has 3 aliphatic heterocycles. The smallest absolute Gasteiger partial charge is 0.230 e. The number of hydrogen-bond donors (Lipinski definition) is 2. The zero-order chi connectivity index (χ0) is 21.4. The lowest BCUT2D eigenvalue weighted by molar-refractivity contribution is -0.137. The van der Waals surface area contributed by atoms with Crippen LogP contribution < -0.4 is 5.32 Å². The van der Waals surface area contributed by atoms with Crippen molar-refractivity contribution in [3.8, 4) is 0 Å². The van der Waals surface area contributed by atoms with Gasteiger partial charge in [0.15, 0.2) is 0 Å². The maximum absolute atomic E-state index is 13.3. The number of aromatic amines is 1. The first-order chi connectivity index (χ1) is 15.1. The molecule has 1 aromatic heterocycles. The highest BCUT2D eigenvalue weighted by molar-refractivity contribution is 5.93. The zero-order valence-electron chi connectivity index (χ0n) is 18.1. The minimum Gasteiger partial charge on any atom is -0.361 e. The van der Waals surface area contributed by atoms with Crippen LogP contribution in [0, 0.1) is 11.8 Å². The Hall–Kier alpha value is -2.60. The monoisotopic (exact) mass is 421 g/mol. The van der Waals surface area contributed by atoms with E-state index >= 15 is 0 Å². The van der Waals surface area contributed by atoms with Crippen molar-refractivity contribution in [3.05, 3.63) is 48.2 Å². The van der Waals surface area contributed by atoms with Crippen LogP contribution in [0.1, 0.15) is 38.2 Å². The van der Waals surface area contributed by atoms with E-state index in [1.54, 1.807) is 0 Å². The number of aromatic nitrogens is 1. The predicted octanol–water partition coefficient (Wildman–Crippen LogP) is 3.19. The van der Waals surface area contributed by atoms with Gasteiger partial charge in [-0.3, -0.25) is 9.59 Å². The van der Waals surface area contributed by atoms with Crippen LogP contribution in [0.4, 0.5) is 0 Å². The molecule has 2 amide bonds. The van der Waals surface area contributed by atoms with Gasteiger partial charge in [0.2, 0.25) is 11.8 Å². The molecule has 0 radical (unpaired) electrons. The Balaban J connectivity index is 1.24. The molecule has 4 heterocycles. The van der Waals surface area contributed by atoms with Crippen molar-refractivity contribution in [2.24, 2.45) is 11.8 Å². The van der Waals surface area contributed by atoms with Crippen molar-refractivity contribution < 1.29 is 14.3 Å². The highest BCUT2D eigenvalue weighted by atomic mass is 16.5. The Morgan fingerprint density at radius 1 is 1.29 bits per heavy atom. The number of rotatable bonds is 9. The summed E-state index contributed by atoms with van der Waals surface area (Å²) in [4.78, 5) is 31.5. The topological polar surface area (TPSA) is 74.4 Å². The Kier molecular flexibility index (Phi) is 5.34. The van der Waals surface area contributed by atoms with Gasteiger partial charge in [-0.1, -0.05) is 56.5 Å². The molecule has 6 nitrogen and oxygen atoms in total. The van der Waals surface area contributed by atoms with E-state index in [2.05, 4.69) is 29.4 Å². The second-order valence-electron chi connectivity index (χ2n) is 9.12. The number of fused-ring (bicyclic) bond motifs is 2. The number of H-pyrrole nitrogens is 1. The summed E-state index contributed by atoms with van der Waals surface area (Å²) in [6, 6.07) is 8.22. The second-order valence-corrected chi connectivity index (χ2v) is 9.12. The Morgan fingerprint density at radius 2 is 2.16 bits per heavy atom. The number of amides is 2. The summed E-state index contributed by atoms with van der Waals surface area (Å²) >= 11 is 0. The molecule has 2 aromatic rings. The number of nitrogens with zero attached hydrogens (tertiary/aromatic N) is 1. The van der Waals surface area contributed by atoms with Crippen LogP contribution in [0.15, 0.2) is 42.6 Å². The van der Waals surface area contributed by atoms with E-state index in [9.17, 15) is 9.59 Å². The lowest BCUT2D eigenvalue weighted by Crippen LogP contribution is -2.44. The lowest BCUT2D eigenvalue weighted by atomic mass is 9.77. The second kappa shape index (κ2) is 8.15. The van der Waals surface area contributed by atoms with Crippen molar-refractivity contribution in [2.75, 3.05) is 19.6 Å². The molecule has 0 aliphatic carbocycles. The van der Waals surface area contributed by atoms with Gasteiger partial charge in [0.05, 0.1) is 24.5 Å². The minimum atomic E-state index is -0.633. The number of likely N-dealkylation sites (tertiary alicyclic amines) is 1. The van der Waals surface area contributed by atoms with Gasteiger partial charge in [-0.05, 0) is 24.5 Å². The predicted molar refractivity (Wildman–Crippen MR) is 119 cm³/mol. The summed E-state index contributed by atoms with van der Waals surface area (Å²) in [5, 5.41) is 4.26. The average Bonchev–Trinajstić information content (AvgIpc) is 3.52. The van der Waals surface area contributed by atoms with Gasteiger partial charge in [0.1, 0.15) is 5.60 Å². The zero-order valence-corrected chi connectivity index (χ0v) is 18.1. The van der Waals surface area contributed by atoms with E-state index in [0.717, 1.165) is 24.8 Å². The molecule has 1 spiro atoms. The number of nitrogens with one attached hydrogen (secondary N) is 2. The van der Waals surface area contributed by atoms with Gasteiger partial charge in [0.25, 0.3) is 0 Å². The summed E-state index contributed by atoms with van der Waals surface area (Å²) in [5.41, 5.74) is 1.69. The van der Waals surface area contributed by atoms with Crippen molar-refractivity contribution >= 4 is 22.7 Å². The maximum atomic E-state index is 13.3. The molecule has 31 heavy (non-hydrogen) atoms. The maximum Gasteiger partial charge on any atom is 0.230 e. The lowest BCUT2D eigenvalue weighted by Gasteiger charge is -2.23. The van der Waals surface area contributed by atoms with Gasteiger partial charge in [0, 0.05) is 30.2 Å². The number of hydrogen-bond acceptors (Lipinski definition) is 3. The highest BCUT2D eigenvalue weighted by Crippen LogP contribution is 2.51. The van der Waals surface area contributed by atoms with Crippen LogP contribution in [0.2, 0.25) is 0 Å². The first kappa shape index (κ1) is 20.3. The molecular weight excluding hydrogens is 390 g/mol. The van der Waals surface area contributed by atoms with Crippen molar-refractivity contribution in [2.45, 2.75) is 50.7 Å². The molecule has 2 fully saturated rings. The first-order valence-corrected chi connectivity index (χ1v) is 11.6. The molecule has 6 heteroatoms. The van der Waals surface area contributed by atoms with Gasteiger partial charge >= 0.3 is 0 Å². The number of carbonyl (C=O) groups is 2. The van der Waals surface area contributed by atoms with E-state index in [-0.39, 0.29) is 17.9 Å². The minimum absolute atomic E-state index is 0.0375. The van der Waals surface area contributed by atoms with Crippen LogP contribution in [0.25, 0.3) is 10.9 Å². The summed E-state index contributed by atoms with van der Waals surface area (Å²) in [6.07, 6.45) is 11.0. The van der Waals surface area contributed by atoms with E-state index in [4.69, 9.17) is 4.74 Å². The van der Waals surface area contributed by atoms with E-state index < -0.39 is 17.4 Å². The Labute approximate surface area is 183 Å². The van der Waals surface area contributed by atoms with Gasteiger partial charge in [-0.2, -0.15) is 0 Å². The van der Waals surface area contributed by atoms with Crippen LogP contribution >= 0.6 is 0 Å². The SMILES string of the molecule is CCCCCCNC(=O)C1C2C(=O)N(CCc3c[nH]c4ccccc34)C[C@@]23C=C[C@H]1O3. The van der Waals surface area contributed by atoms with Crippen molar-refractivity contribution in [1.82, 2.24) is 15.2 Å². The molecule has 4 atom stereocenters. The molecule has 2 unspecified atom stereocenters. The summed E-state index contributed by atoms with van der Waals surface area (Å²) in [5.74, 6) is -0.801. The number of ether oxygens (including phenoxy) is 1. The molecule has 1 aromatic carbocycles. The number of para-hydroxylation sites is 1. The van der Waals surface area contributed by atoms with Gasteiger partial charge < -0.3 is 19.9 Å². The first-order valence-electron chi connectivity index (χ1n) is 11.6. The standard InChI is InChI=1S/C25H31N3O3/c1-2-3-4-7-13-26-23(29)21-20-10-12-25(31-20)16-28(24(30)22(21)25)14-11-17-15-27-19-9-6-5-8-18(17)19/h5-6,8-10,12,15,20-22,27H,2-4,7,11,13-14,16H2,1H3,(H,26,29)/t20-,21?,22?,25+/m1/s1. The number of benzene rings is 1. The fourth-order valence-electron chi connectivity index (χ4n) is 5.54. The third kappa shape index (κ3) is 3.47. The van der Waals surface area contributed by atoms with Crippen LogP contribution in [0.3, 0.4) is 0 Å². The normalized spacial score (nSPS) is 28.6. The molecular formula is C25H31N3O3. The van der Waals surface area contributed by atoms with E-state index in [1.165, 1.54) is 23.8 Å². The Bertz CT molecular complexity index is 1010. The molecule has 5 rings (SSSR count). The molecule has 2 saturated heterocycles. The largest absolute Gasteiger partial charge is 0.361 e. The van der Waals surface area contributed by atoms with Crippen molar-refractivity contribution in [3.63, 3.8) is 0 Å². The molecule has 2 bridgehead atoms. The highest BCUT2D eigenvalue weighted by Gasteiger charge is 2.66. The molecule has 0 saturated carbocycles. The fourth-order valence-corrected chi connectivity index (χ4v) is 5.54. The molecule has 2 N–H and O–H groups in total. The van der Waals surface area contributed by atoms with Crippen LogP contribution in [-0.2, 0) is 20.7 Å². The molecule has 3 aliphatic rings. The summed E-state index contributed by atoms with van der Waals surface area (Å²) in [6.45, 7) is 4.01. The quantitative estimate of drug-likeness (QED) is 0.482. The summed E-state index contributed by atoms with van der Waals surface area (Å²) < 4.78 is 6.23. The van der Waals surface area contributed by atoms with Crippen molar-refractivity contribution in [1.29, 1.82) is 0 Å². The number of unbranched alkanes of at least 4 members (excludes halogenated alkanes) is 3.